The summed E-state index contributed by atoms with van der Waals surface area (Å²) in [5, 5.41) is 3.29. The lowest BCUT2D eigenvalue weighted by molar-refractivity contribution is -0.140. The van der Waals surface area contributed by atoms with Gasteiger partial charge in [0.15, 0.2) is 11.5 Å². The minimum atomic E-state index is -3.86. The lowest BCUT2D eigenvalue weighted by Crippen LogP contribution is -2.52. The van der Waals surface area contributed by atoms with Gasteiger partial charge in [-0.15, -0.1) is 0 Å². The molecule has 0 spiro atoms. The zero-order chi connectivity index (χ0) is 26.2. The normalized spacial score (nSPS) is 11.9. The van der Waals surface area contributed by atoms with E-state index in [0.29, 0.717) is 29.5 Å². The summed E-state index contributed by atoms with van der Waals surface area (Å²) < 4.78 is 36.9. The minimum Gasteiger partial charge on any atom is -0.493 e. The van der Waals surface area contributed by atoms with Crippen molar-refractivity contribution in [1.82, 2.24) is 10.2 Å². The SMILES string of the molecule is CCNC(=O)C(CC)N(Cc1ccc(Cl)cc1)C(=O)CN(c1ccc(OC)c(OC)c1)S(C)(=O)=O. The van der Waals surface area contributed by atoms with Crippen LogP contribution in [0, 0.1) is 0 Å². The van der Waals surface area contributed by atoms with Crippen molar-refractivity contribution in [2.24, 2.45) is 0 Å². The lowest BCUT2D eigenvalue weighted by Gasteiger charge is -2.33. The van der Waals surface area contributed by atoms with E-state index in [1.54, 1.807) is 44.2 Å². The molecule has 1 N–H and O–H groups in total. The molecule has 0 heterocycles. The van der Waals surface area contributed by atoms with Gasteiger partial charge in [0, 0.05) is 24.2 Å². The molecule has 1 atom stereocenters. The molecule has 192 valence electrons. The number of methoxy groups -OCH3 is 2. The summed E-state index contributed by atoms with van der Waals surface area (Å²) in [6, 6.07) is 10.7. The van der Waals surface area contributed by atoms with E-state index in [1.165, 1.54) is 31.3 Å². The molecular weight excluding hydrogens is 494 g/mol. The first-order valence-corrected chi connectivity index (χ1v) is 13.3. The standard InChI is InChI=1S/C24H32ClN3O6S/c1-6-20(24(30)26-7-2)27(15-17-8-10-18(25)11-9-17)23(29)16-28(35(5,31)32)19-12-13-21(33-3)22(14-19)34-4/h8-14,20H,6-7,15-16H2,1-5H3,(H,26,30). The second kappa shape index (κ2) is 12.6. The van der Waals surface area contributed by atoms with Crippen LogP contribution < -0.4 is 19.1 Å². The van der Waals surface area contributed by atoms with Gasteiger partial charge < -0.3 is 19.7 Å². The number of hydrogen-bond acceptors (Lipinski definition) is 6. The molecule has 0 bridgehead atoms. The van der Waals surface area contributed by atoms with Gasteiger partial charge in [0.05, 0.1) is 26.2 Å². The number of sulfonamides is 1. The minimum absolute atomic E-state index is 0.106. The van der Waals surface area contributed by atoms with Gasteiger partial charge in [0.25, 0.3) is 0 Å². The molecule has 0 fully saturated rings. The number of amides is 2. The Labute approximate surface area is 212 Å². The quantitative estimate of drug-likeness (QED) is 0.456. The number of anilines is 1. The van der Waals surface area contributed by atoms with Crippen LogP contribution in [0.4, 0.5) is 5.69 Å². The number of nitrogens with zero attached hydrogens (tertiary/aromatic N) is 2. The predicted molar refractivity (Wildman–Crippen MR) is 137 cm³/mol. The summed E-state index contributed by atoms with van der Waals surface area (Å²) in [7, 11) is -0.958. The number of halogens is 1. The number of hydrogen-bond donors (Lipinski definition) is 1. The van der Waals surface area contributed by atoms with Crippen LogP contribution >= 0.6 is 11.6 Å². The van der Waals surface area contributed by atoms with Crippen molar-refractivity contribution in [3.63, 3.8) is 0 Å². The topological polar surface area (TPSA) is 105 Å². The molecule has 2 rings (SSSR count). The lowest BCUT2D eigenvalue weighted by atomic mass is 10.1. The molecular formula is C24H32ClN3O6S. The van der Waals surface area contributed by atoms with Crippen LogP contribution in [0.5, 0.6) is 11.5 Å². The van der Waals surface area contributed by atoms with E-state index in [0.717, 1.165) is 16.1 Å². The fourth-order valence-electron chi connectivity index (χ4n) is 3.59. The van der Waals surface area contributed by atoms with Gasteiger partial charge in [0.1, 0.15) is 12.6 Å². The molecule has 2 aromatic carbocycles. The van der Waals surface area contributed by atoms with E-state index in [2.05, 4.69) is 5.32 Å². The van der Waals surface area contributed by atoms with Gasteiger partial charge in [0.2, 0.25) is 21.8 Å². The molecule has 0 aliphatic rings. The number of ether oxygens (including phenoxy) is 2. The van der Waals surface area contributed by atoms with E-state index in [-0.39, 0.29) is 18.1 Å². The smallest absolute Gasteiger partial charge is 0.244 e. The summed E-state index contributed by atoms with van der Waals surface area (Å²) in [5.74, 6) is -0.104. The molecule has 2 amide bonds. The molecule has 0 aliphatic heterocycles. The number of carbonyl (C=O) groups is 2. The van der Waals surface area contributed by atoms with E-state index in [4.69, 9.17) is 21.1 Å². The van der Waals surface area contributed by atoms with Crippen LogP contribution in [0.25, 0.3) is 0 Å². The molecule has 0 saturated carbocycles. The van der Waals surface area contributed by atoms with Crippen LogP contribution in [0.3, 0.4) is 0 Å². The Kier molecular flexibility index (Phi) is 10.2. The van der Waals surface area contributed by atoms with Gasteiger partial charge in [-0.25, -0.2) is 8.42 Å². The third kappa shape index (κ3) is 7.50. The zero-order valence-electron chi connectivity index (χ0n) is 20.6. The largest absolute Gasteiger partial charge is 0.493 e. The van der Waals surface area contributed by atoms with Gasteiger partial charge in [-0.3, -0.25) is 13.9 Å². The van der Waals surface area contributed by atoms with Crippen molar-refractivity contribution in [2.75, 3.05) is 37.9 Å². The van der Waals surface area contributed by atoms with Crippen LogP contribution in [0.1, 0.15) is 25.8 Å². The molecule has 35 heavy (non-hydrogen) atoms. The average Bonchev–Trinajstić information content (AvgIpc) is 2.82. The third-order valence-electron chi connectivity index (χ3n) is 5.34. The Morgan fingerprint density at radius 2 is 1.66 bits per heavy atom. The Hall–Kier alpha value is -2.98. The highest BCUT2D eigenvalue weighted by atomic mass is 35.5. The number of carbonyl (C=O) groups excluding carboxylic acids is 2. The van der Waals surface area contributed by atoms with E-state index in [1.807, 2.05) is 0 Å². The second-order valence-electron chi connectivity index (χ2n) is 7.78. The molecule has 0 aromatic heterocycles. The molecule has 0 radical (unpaired) electrons. The highest BCUT2D eigenvalue weighted by molar-refractivity contribution is 7.92. The molecule has 2 aromatic rings. The number of benzene rings is 2. The van der Waals surface area contributed by atoms with Gasteiger partial charge >= 0.3 is 0 Å². The third-order valence-corrected chi connectivity index (χ3v) is 6.73. The van der Waals surface area contributed by atoms with Crippen LogP contribution in [-0.2, 0) is 26.2 Å². The van der Waals surface area contributed by atoms with Gasteiger partial charge in [-0.2, -0.15) is 0 Å². The first kappa shape index (κ1) is 28.3. The predicted octanol–water partition coefficient (Wildman–Crippen LogP) is 3.07. The van der Waals surface area contributed by atoms with Gasteiger partial charge in [-0.05, 0) is 43.2 Å². The maximum absolute atomic E-state index is 13.6. The van der Waals surface area contributed by atoms with Crippen molar-refractivity contribution in [3.05, 3.63) is 53.1 Å². The van der Waals surface area contributed by atoms with Crippen LogP contribution in [0.2, 0.25) is 5.02 Å². The van der Waals surface area contributed by atoms with E-state index < -0.39 is 28.5 Å². The fraction of sp³-hybridized carbons (Fsp3) is 0.417. The summed E-state index contributed by atoms with van der Waals surface area (Å²) >= 11 is 5.99. The Morgan fingerprint density at radius 1 is 1.03 bits per heavy atom. The van der Waals surface area contributed by atoms with Crippen molar-refractivity contribution in [1.29, 1.82) is 0 Å². The fourth-order valence-corrected chi connectivity index (χ4v) is 4.56. The maximum atomic E-state index is 13.6. The summed E-state index contributed by atoms with van der Waals surface area (Å²) in [5.41, 5.74) is 0.985. The Balaban J connectivity index is 2.46. The maximum Gasteiger partial charge on any atom is 0.244 e. The summed E-state index contributed by atoms with van der Waals surface area (Å²) in [6.07, 6.45) is 1.36. The van der Waals surface area contributed by atoms with Crippen molar-refractivity contribution < 1.29 is 27.5 Å². The Bertz CT molecular complexity index is 1120. The molecule has 1 unspecified atom stereocenters. The number of rotatable bonds is 12. The highest BCUT2D eigenvalue weighted by Gasteiger charge is 2.31. The molecule has 9 nitrogen and oxygen atoms in total. The highest BCUT2D eigenvalue weighted by Crippen LogP contribution is 2.32. The first-order valence-electron chi connectivity index (χ1n) is 11.1. The molecule has 11 heteroatoms. The average molecular weight is 526 g/mol. The van der Waals surface area contributed by atoms with E-state index in [9.17, 15) is 18.0 Å². The second-order valence-corrected chi connectivity index (χ2v) is 10.1. The van der Waals surface area contributed by atoms with Crippen molar-refractivity contribution >= 4 is 39.1 Å². The Morgan fingerprint density at radius 3 is 2.17 bits per heavy atom. The van der Waals surface area contributed by atoms with Crippen LogP contribution in [0.15, 0.2) is 42.5 Å². The number of likely N-dealkylation sites (N-methyl/N-ethyl adjacent to an activating group) is 1. The first-order chi connectivity index (χ1) is 16.5. The van der Waals surface area contributed by atoms with Crippen molar-refractivity contribution in [2.45, 2.75) is 32.9 Å². The van der Waals surface area contributed by atoms with Gasteiger partial charge in [-0.1, -0.05) is 30.7 Å². The van der Waals surface area contributed by atoms with E-state index >= 15 is 0 Å². The molecule has 0 aliphatic carbocycles. The molecule has 0 saturated heterocycles. The number of nitrogens with one attached hydrogen (secondary N) is 1. The zero-order valence-corrected chi connectivity index (χ0v) is 22.1. The monoisotopic (exact) mass is 525 g/mol. The van der Waals surface area contributed by atoms with Crippen LogP contribution in [-0.4, -0.2) is 64.7 Å². The van der Waals surface area contributed by atoms with Crippen molar-refractivity contribution in [3.8, 4) is 11.5 Å². The summed E-state index contributed by atoms with van der Waals surface area (Å²) in [6.45, 7) is 3.59. The summed E-state index contributed by atoms with van der Waals surface area (Å²) in [4.78, 5) is 27.8.